The van der Waals surface area contributed by atoms with E-state index in [1.54, 1.807) is 13.3 Å². The van der Waals surface area contributed by atoms with Crippen LogP contribution in [0.5, 0.6) is 5.75 Å². The number of aliphatic hydroxyl groups excluding tert-OH is 1. The summed E-state index contributed by atoms with van der Waals surface area (Å²) >= 11 is 0. The first-order chi connectivity index (χ1) is 14.0. The van der Waals surface area contributed by atoms with Crippen LogP contribution in [0.15, 0.2) is 24.5 Å². The van der Waals surface area contributed by atoms with E-state index < -0.39 is 17.6 Å². The number of hydrogen-bond donors (Lipinski definition) is 2. The molecule has 1 aliphatic heterocycles. The van der Waals surface area contributed by atoms with Crippen LogP contribution in [0, 0.1) is 17.8 Å². The molecule has 30 heavy (non-hydrogen) atoms. The Bertz CT molecular complexity index is 936. The van der Waals surface area contributed by atoms with Gasteiger partial charge in [0.05, 0.1) is 24.4 Å². The second-order valence-corrected chi connectivity index (χ2v) is 9.89. The summed E-state index contributed by atoms with van der Waals surface area (Å²) in [5, 5.41) is 13.5. The van der Waals surface area contributed by atoms with Crippen molar-refractivity contribution in [2.24, 2.45) is 17.8 Å². The summed E-state index contributed by atoms with van der Waals surface area (Å²) < 4.78 is 13.0. The Kier molecular flexibility index (Phi) is 5.07. The van der Waals surface area contributed by atoms with E-state index in [0.29, 0.717) is 13.1 Å². The van der Waals surface area contributed by atoms with Gasteiger partial charge in [-0.2, -0.15) is 0 Å². The molecule has 2 aromatic heterocycles. The molecule has 2 aromatic rings. The lowest BCUT2D eigenvalue weighted by molar-refractivity contribution is -0.236. The third-order valence-electron chi connectivity index (χ3n) is 6.04. The number of carbonyl (C=O) groups is 1. The molecule has 0 bridgehead atoms. The molecular formula is C22H32N4O4. The van der Waals surface area contributed by atoms with Crippen LogP contribution in [-0.2, 0) is 15.1 Å². The van der Waals surface area contributed by atoms with Gasteiger partial charge < -0.3 is 19.9 Å². The molecule has 0 radical (unpaired) electrons. The van der Waals surface area contributed by atoms with Crippen LogP contribution in [0.4, 0.5) is 0 Å². The Balaban J connectivity index is 1.40. The SMILES string of the molecule is COc1cccn2c(C(C)(C)NC(=O)C3[C@H]4CN(C(O)OC(C)(C)C)C[C@@H]34)ncc12. The van der Waals surface area contributed by atoms with E-state index in [1.807, 2.05) is 62.2 Å². The first kappa shape index (κ1) is 21.1. The standard InChI is InChI=1S/C22H32N4O4/c1-21(2,3)30-20(28)25-11-13-14(12-25)17(13)18(27)24-22(4,5)19-23-10-15-16(29-6)8-7-9-26(15)19/h7-10,13-14,17,20,28H,11-12H2,1-6H3,(H,24,27)/t13-,14+,17?,20?. The first-order valence-corrected chi connectivity index (χ1v) is 10.4. The molecular weight excluding hydrogens is 384 g/mol. The van der Waals surface area contributed by atoms with Gasteiger partial charge in [-0.15, -0.1) is 0 Å². The van der Waals surface area contributed by atoms with Crippen molar-refractivity contribution in [2.75, 3.05) is 20.2 Å². The molecule has 4 atom stereocenters. The van der Waals surface area contributed by atoms with E-state index in [1.165, 1.54) is 0 Å². The van der Waals surface area contributed by atoms with Gasteiger partial charge in [0, 0.05) is 25.2 Å². The molecule has 2 fully saturated rings. The highest BCUT2D eigenvalue weighted by Crippen LogP contribution is 2.52. The van der Waals surface area contributed by atoms with Crippen molar-refractivity contribution < 1.29 is 19.4 Å². The lowest BCUT2D eigenvalue weighted by Crippen LogP contribution is -2.46. The lowest BCUT2D eigenvalue weighted by atomic mass is 10.0. The zero-order chi connectivity index (χ0) is 21.8. The van der Waals surface area contributed by atoms with Crippen LogP contribution in [0.3, 0.4) is 0 Å². The van der Waals surface area contributed by atoms with Crippen molar-refractivity contribution in [2.45, 2.75) is 52.2 Å². The molecule has 2 N–H and O–H groups in total. The van der Waals surface area contributed by atoms with Gasteiger partial charge >= 0.3 is 0 Å². The fourth-order valence-corrected chi connectivity index (χ4v) is 4.60. The first-order valence-electron chi connectivity index (χ1n) is 10.4. The fourth-order valence-electron chi connectivity index (χ4n) is 4.60. The molecule has 164 valence electrons. The molecule has 3 heterocycles. The van der Waals surface area contributed by atoms with Crippen molar-refractivity contribution in [1.82, 2.24) is 19.6 Å². The number of amides is 1. The Hall–Kier alpha value is -2.16. The number of hydrogen-bond acceptors (Lipinski definition) is 6. The van der Waals surface area contributed by atoms with Crippen LogP contribution in [-0.4, -0.2) is 57.5 Å². The average molecular weight is 417 g/mol. The lowest BCUT2D eigenvalue weighted by Gasteiger charge is -2.31. The normalized spacial score (nSPS) is 25.2. The fraction of sp³-hybridized carbons (Fsp3) is 0.636. The van der Waals surface area contributed by atoms with Gasteiger partial charge in [0.25, 0.3) is 0 Å². The van der Waals surface area contributed by atoms with Crippen molar-refractivity contribution >= 4 is 11.4 Å². The molecule has 0 aromatic carbocycles. The summed E-state index contributed by atoms with van der Waals surface area (Å²) in [4.78, 5) is 19.5. The Morgan fingerprint density at radius 3 is 2.53 bits per heavy atom. The summed E-state index contributed by atoms with van der Waals surface area (Å²) in [7, 11) is 1.63. The quantitative estimate of drug-likeness (QED) is 0.700. The average Bonchev–Trinajstić information content (AvgIpc) is 2.99. The topological polar surface area (TPSA) is 88.3 Å². The number of piperidine rings is 1. The van der Waals surface area contributed by atoms with E-state index in [-0.39, 0.29) is 23.7 Å². The molecule has 8 nitrogen and oxygen atoms in total. The summed E-state index contributed by atoms with van der Waals surface area (Å²) in [6.45, 7) is 11.0. The number of nitrogens with one attached hydrogen (secondary N) is 1. The van der Waals surface area contributed by atoms with E-state index >= 15 is 0 Å². The summed E-state index contributed by atoms with van der Waals surface area (Å²) in [6.07, 6.45) is 2.76. The summed E-state index contributed by atoms with van der Waals surface area (Å²) in [5.41, 5.74) is -0.187. The molecule has 1 saturated carbocycles. The number of ether oxygens (including phenoxy) is 2. The van der Waals surface area contributed by atoms with E-state index in [0.717, 1.165) is 17.1 Å². The number of aliphatic hydroxyl groups is 1. The van der Waals surface area contributed by atoms with Gasteiger partial charge in [-0.1, -0.05) is 0 Å². The molecule has 1 amide bonds. The Morgan fingerprint density at radius 2 is 1.93 bits per heavy atom. The van der Waals surface area contributed by atoms with Gasteiger partial charge in [-0.05, 0) is 58.6 Å². The zero-order valence-electron chi connectivity index (χ0n) is 18.5. The van der Waals surface area contributed by atoms with Crippen LogP contribution >= 0.6 is 0 Å². The maximum absolute atomic E-state index is 13.0. The van der Waals surface area contributed by atoms with Crippen LogP contribution in [0.2, 0.25) is 0 Å². The molecule has 1 saturated heterocycles. The molecule has 4 rings (SSSR count). The van der Waals surface area contributed by atoms with E-state index in [2.05, 4.69) is 10.3 Å². The van der Waals surface area contributed by atoms with E-state index in [4.69, 9.17) is 9.47 Å². The van der Waals surface area contributed by atoms with Gasteiger partial charge in [-0.25, -0.2) is 4.98 Å². The van der Waals surface area contributed by atoms with Gasteiger partial charge in [0.2, 0.25) is 12.3 Å². The minimum Gasteiger partial charge on any atom is -0.494 e. The number of aromatic nitrogens is 2. The summed E-state index contributed by atoms with van der Waals surface area (Å²) in [5.74, 6) is 2.04. The zero-order valence-corrected chi connectivity index (χ0v) is 18.5. The Morgan fingerprint density at radius 1 is 1.27 bits per heavy atom. The highest BCUT2D eigenvalue weighted by Gasteiger charge is 2.60. The number of imidazole rings is 1. The van der Waals surface area contributed by atoms with E-state index in [9.17, 15) is 9.90 Å². The molecule has 0 spiro atoms. The smallest absolute Gasteiger partial charge is 0.224 e. The second-order valence-electron chi connectivity index (χ2n) is 9.89. The minimum atomic E-state index is -0.927. The second kappa shape index (κ2) is 7.21. The number of likely N-dealkylation sites (tertiary alicyclic amines) is 1. The van der Waals surface area contributed by atoms with Crippen LogP contribution < -0.4 is 10.1 Å². The number of rotatable bonds is 6. The number of carbonyl (C=O) groups excluding carboxylic acids is 1. The number of methoxy groups -OCH3 is 1. The third-order valence-corrected chi connectivity index (χ3v) is 6.04. The van der Waals surface area contributed by atoms with Crippen LogP contribution in [0.1, 0.15) is 40.4 Å². The van der Waals surface area contributed by atoms with Crippen molar-refractivity contribution in [1.29, 1.82) is 0 Å². The molecule has 8 heteroatoms. The highest BCUT2D eigenvalue weighted by atomic mass is 16.6. The largest absolute Gasteiger partial charge is 0.494 e. The predicted molar refractivity (Wildman–Crippen MR) is 112 cm³/mol. The van der Waals surface area contributed by atoms with Crippen molar-refractivity contribution in [3.8, 4) is 5.75 Å². The number of pyridine rings is 1. The third kappa shape index (κ3) is 3.79. The maximum Gasteiger partial charge on any atom is 0.224 e. The van der Waals surface area contributed by atoms with Crippen molar-refractivity contribution in [3.05, 3.63) is 30.4 Å². The van der Waals surface area contributed by atoms with Gasteiger partial charge in [0.15, 0.2) is 0 Å². The minimum absolute atomic E-state index is 0.0249. The summed E-state index contributed by atoms with van der Waals surface area (Å²) in [6, 6.07) is 3.79. The number of nitrogens with zero attached hydrogens (tertiary/aromatic N) is 3. The predicted octanol–water partition coefficient (Wildman–Crippen LogP) is 1.96. The van der Waals surface area contributed by atoms with Gasteiger partial charge in [-0.3, -0.25) is 14.1 Å². The monoisotopic (exact) mass is 416 g/mol. The molecule has 2 aliphatic rings. The van der Waals surface area contributed by atoms with Crippen LogP contribution in [0.25, 0.3) is 5.52 Å². The number of fused-ring (bicyclic) bond motifs is 2. The molecule has 1 aliphatic carbocycles. The Labute approximate surface area is 177 Å². The maximum atomic E-state index is 13.0. The highest BCUT2D eigenvalue weighted by molar-refractivity contribution is 5.83. The van der Waals surface area contributed by atoms with Crippen molar-refractivity contribution in [3.63, 3.8) is 0 Å². The van der Waals surface area contributed by atoms with Gasteiger partial charge in [0.1, 0.15) is 17.1 Å². The molecule has 2 unspecified atom stereocenters.